The molecule has 1 aromatic heterocycles. The van der Waals surface area contributed by atoms with E-state index < -0.39 is 0 Å². The molecule has 0 saturated carbocycles. The smallest absolute Gasteiger partial charge is 0.207 e. The highest BCUT2D eigenvalue weighted by molar-refractivity contribution is 9.10. The fourth-order valence-corrected chi connectivity index (χ4v) is 2.13. The van der Waals surface area contributed by atoms with Gasteiger partial charge < -0.3 is 10.1 Å². The second kappa shape index (κ2) is 6.16. The Kier molecular flexibility index (Phi) is 4.55. The fourth-order valence-electron chi connectivity index (χ4n) is 1.79. The second-order valence-electron chi connectivity index (χ2n) is 4.22. The zero-order chi connectivity index (χ0) is 13.8. The first-order valence-corrected chi connectivity index (χ1v) is 6.65. The van der Waals surface area contributed by atoms with Gasteiger partial charge in [-0.2, -0.15) is 0 Å². The maximum absolute atomic E-state index is 13.9. The van der Waals surface area contributed by atoms with Gasteiger partial charge in [0.2, 0.25) is 5.95 Å². The second-order valence-corrected chi connectivity index (χ2v) is 5.13. The average molecular weight is 328 g/mol. The van der Waals surface area contributed by atoms with E-state index in [9.17, 15) is 4.39 Å². The van der Waals surface area contributed by atoms with Crippen molar-refractivity contribution in [3.8, 4) is 5.69 Å². The van der Waals surface area contributed by atoms with Gasteiger partial charge in [-0.1, -0.05) is 15.9 Å². The number of nitrogens with zero attached hydrogens (tertiary/aromatic N) is 2. The summed E-state index contributed by atoms with van der Waals surface area (Å²) >= 11 is 3.24. The lowest BCUT2D eigenvalue weighted by Crippen LogP contribution is -2.23. The van der Waals surface area contributed by atoms with Crippen molar-refractivity contribution in [3.05, 3.63) is 40.9 Å². The monoisotopic (exact) mass is 327 g/mol. The minimum atomic E-state index is -0.310. The van der Waals surface area contributed by atoms with Gasteiger partial charge in [0.1, 0.15) is 5.82 Å². The number of halogens is 2. The number of anilines is 1. The van der Waals surface area contributed by atoms with E-state index >= 15 is 0 Å². The Hall–Kier alpha value is -1.40. The molecule has 1 N–H and O–H groups in total. The van der Waals surface area contributed by atoms with Crippen LogP contribution in [0.2, 0.25) is 0 Å². The zero-order valence-corrected chi connectivity index (χ0v) is 12.3. The summed E-state index contributed by atoms with van der Waals surface area (Å²) < 4.78 is 21.4. The van der Waals surface area contributed by atoms with Crippen LogP contribution in [0.3, 0.4) is 0 Å². The quantitative estimate of drug-likeness (QED) is 0.916. The summed E-state index contributed by atoms with van der Waals surface area (Å²) in [4.78, 5) is 4.20. The first kappa shape index (κ1) is 14.0. The Morgan fingerprint density at radius 1 is 1.53 bits per heavy atom. The molecule has 1 unspecified atom stereocenters. The van der Waals surface area contributed by atoms with E-state index in [1.165, 1.54) is 6.07 Å². The van der Waals surface area contributed by atoms with Gasteiger partial charge in [0, 0.05) is 30.0 Å². The third-order valence-corrected chi connectivity index (χ3v) is 3.10. The maximum atomic E-state index is 13.9. The zero-order valence-electron chi connectivity index (χ0n) is 10.7. The van der Waals surface area contributed by atoms with Crippen molar-refractivity contribution in [1.82, 2.24) is 9.55 Å². The van der Waals surface area contributed by atoms with E-state index in [0.717, 1.165) is 0 Å². The van der Waals surface area contributed by atoms with E-state index in [0.29, 0.717) is 22.7 Å². The highest BCUT2D eigenvalue weighted by Gasteiger charge is 2.11. The molecule has 1 atom stereocenters. The van der Waals surface area contributed by atoms with E-state index in [2.05, 4.69) is 26.2 Å². The van der Waals surface area contributed by atoms with Crippen LogP contribution in [0.1, 0.15) is 6.92 Å². The molecule has 0 fully saturated rings. The summed E-state index contributed by atoms with van der Waals surface area (Å²) in [7, 11) is 1.64. The Morgan fingerprint density at radius 3 is 3.00 bits per heavy atom. The first-order chi connectivity index (χ1) is 9.11. The van der Waals surface area contributed by atoms with Gasteiger partial charge in [0.25, 0.3) is 0 Å². The lowest BCUT2D eigenvalue weighted by atomic mass is 10.3. The fraction of sp³-hybridized carbons (Fsp3) is 0.308. The number of nitrogens with one attached hydrogen (secondary N) is 1. The minimum absolute atomic E-state index is 0.0876. The topological polar surface area (TPSA) is 39.1 Å². The van der Waals surface area contributed by atoms with E-state index in [1.807, 2.05) is 6.92 Å². The van der Waals surface area contributed by atoms with Crippen LogP contribution < -0.4 is 5.32 Å². The number of rotatable bonds is 5. The normalized spacial score (nSPS) is 12.4. The molecule has 0 aliphatic carbocycles. The molecule has 0 radical (unpaired) electrons. The molecule has 2 aromatic rings. The SMILES string of the molecule is COCC(C)Nc1nccn1-c1ccc(Br)cc1F. The number of hydrogen-bond donors (Lipinski definition) is 1. The number of imidazole rings is 1. The van der Waals surface area contributed by atoms with E-state index in [4.69, 9.17) is 4.74 Å². The molecule has 0 aliphatic rings. The van der Waals surface area contributed by atoms with Crippen LogP contribution in [-0.4, -0.2) is 29.3 Å². The Morgan fingerprint density at radius 2 is 2.32 bits per heavy atom. The third-order valence-electron chi connectivity index (χ3n) is 2.60. The van der Waals surface area contributed by atoms with Gasteiger partial charge in [-0.3, -0.25) is 4.57 Å². The predicted molar refractivity (Wildman–Crippen MR) is 76.2 cm³/mol. The molecule has 0 amide bonds. The lowest BCUT2D eigenvalue weighted by molar-refractivity contribution is 0.190. The molecular weight excluding hydrogens is 313 g/mol. The summed E-state index contributed by atoms with van der Waals surface area (Å²) in [6.45, 7) is 2.52. The van der Waals surface area contributed by atoms with Gasteiger partial charge in [0.05, 0.1) is 12.3 Å². The van der Waals surface area contributed by atoms with Crippen LogP contribution in [0.4, 0.5) is 10.3 Å². The van der Waals surface area contributed by atoms with Crippen molar-refractivity contribution >= 4 is 21.9 Å². The Bertz CT molecular complexity index is 559. The molecule has 6 heteroatoms. The van der Waals surface area contributed by atoms with Gasteiger partial charge in [0.15, 0.2) is 0 Å². The van der Waals surface area contributed by atoms with Crippen LogP contribution in [0, 0.1) is 5.82 Å². The summed E-state index contributed by atoms with van der Waals surface area (Å²) in [5.74, 6) is 0.278. The van der Waals surface area contributed by atoms with Gasteiger partial charge in [-0.15, -0.1) is 0 Å². The first-order valence-electron chi connectivity index (χ1n) is 5.86. The molecule has 1 heterocycles. The average Bonchev–Trinajstić information content (AvgIpc) is 2.77. The summed E-state index contributed by atoms with van der Waals surface area (Å²) in [5, 5.41) is 3.18. The van der Waals surface area contributed by atoms with Crippen molar-refractivity contribution < 1.29 is 9.13 Å². The van der Waals surface area contributed by atoms with Crippen molar-refractivity contribution in [1.29, 1.82) is 0 Å². The minimum Gasteiger partial charge on any atom is -0.383 e. The largest absolute Gasteiger partial charge is 0.383 e. The highest BCUT2D eigenvalue weighted by atomic mass is 79.9. The van der Waals surface area contributed by atoms with Crippen molar-refractivity contribution in [3.63, 3.8) is 0 Å². The molecule has 102 valence electrons. The molecule has 0 aliphatic heterocycles. The number of methoxy groups -OCH3 is 1. The molecule has 19 heavy (non-hydrogen) atoms. The lowest BCUT2D eigenvalue weighted by Gasteiger charge is -2.15. The predicted octanol–water partition coefficient (Wildman–Crippen LogP) is 3.22. The van der Waals surface area contributed by atoms with Gasteiger partial charge in [-0.05, 0) is 25.1 Å². The van der Waals surface area contributed by atoms with Crippen LogP contribution in [0.5, 0.6) is 0 Å². The van der Waals surface area contributed by atoms with Gasteiger partial charge in [-0.25, -0.2) is 9.37 Å². The summed E-state index contributed by atoms with van der Waals surface area (Å²) in [6, 6.07) is 5.01. The Balaban J connectivity index is 2.28. The van der Waals surface area contributed by atoms with Crippen LogP contribution in [0.25, 0.3) is 5.69 Å². The van der Waals surface area contributed by atoms with E-state index in [-0.39, 0.29) is 11.9 Å². The standard InChI is InChI=1S/C13H15BrFN3O/c1-9(8-19-2)17-13-16-5-6-18(13)12-4-3-10(14)7-11(12)15/h3-7,9H,8H2,1-2H3,(H,16,17). The number of ether oxygens (including phenoxy) is 1. The van der Waals surface area contributed by atoms with Crippen LogP contribution in [0.15, 0.2) is 35.1 Å². The summed E-state index contributed by atoms with van der Waals surface area (Å²) in [5.41, 5.74) is 0.452. The Labute approximate surface area is 119 Å². The molecule has 0 bridgehead atoms. The molecule has 0 saturated heterocycles. The van der Waals surface area contributed by atoms with Gasteiger partial charge >= 0.3 is 0 Å². The van der Waals surface area contributed by atoms with Crippen LogP contribution >= 0.6 is 15.9 Å². The number of hydrogen-bond acceptors (Lipinski definition) is 3. The van der Waals surface area contributed by atoms with Crippen molar-refractivity contribution in [2.75, 3.05) is 19.0 Å². The molecule has 2 rings (SSSR count). The van der Waals surface area contributed by atoms with Crippen LogP contribution in [-0.2, 0) is 4.74 Å². The summed E-state index contributed by atoms with van der Waals surface area (Å²) in [6.07, 6.45) is 3.34. The number of aromatic nitrogens is 2. The molecule has 1 aromatic carbocycles. The number of benzene rings is 1. The van der Waals surface area contributed by atoms with E-state index in [1.54, 1.807) is 36.2 Å². The van der Waals surface area contributed by atoms with Crippen molar-refractivity contribution in [2.45, 2.75) is 13.0 Å². The third kappa shape index (κ3) is 3.33. The molecule has 4 nitrogen and oxygen atoms in total. The molecular formula is C13H15BrFN3O. The van der Waals surface area contributed by atoms with Crippen molar-refractivity contribution in [2.24, 2.45) is 0 Å². The molecule has 0 spiro atoms. The maximum Gasteiger partial charge on any atom is 0.207 e. The highest BCUT2D eigenvalue weighted by Crippen LogP contribution is 2.21.